The molecule has 3 aliphatic rings. The van der Waals surface area contributed by atoms with Gasteiger partial charge >= 0.3 is 0 Å². The van der Waals surface area contributed by atoms with Crippen LogP contribution < -0.4 is 15.4 Å². The molecule has 5 amide bonds. The number of likely N-dealkylation sites (tertiary alicyclic amines) is 1. The first-order chi connectivity index (χ1) is 19.7. The number of nitrogens with two attached hydrogens (primary N) is 1. The van der Waals surface area contributed by atoms with E-state index in [2.05, 4.69) is 14.8 Å². The monoisotopic (exact) mass is 562 g/mol. The molecule has 2 N–H and O–H groups in total. The summed E-state index contributed by atoms with van der Waals surface area (Å²) in [4.78, 5) is 72.4. The lowest BCUT2D eigenvalue weighted by atomic mass is 10.0. The zero-order chi connectivity index (χ0) is 29.1. The van der Waals surface area contributed by atoms with E-state index in [1.807, 2.05) is 6.07 Å². The van der Waals surface area contributed by atoms with Gasteiger partial charge in [-0.3, -0.25) is 38.7 Å². The van der Waals surface area contributed by atoms with E-state index in [-0.39, 0.29) is 35.6 Å². The van der Waals surface area contributed by atoms with Gasteiger partial charge in [-0.05, 0) is 62.6 Å². The normalized spacial score (nSPS) is 19.6. The molecule has 0 bridgehead atoms. The molecule has 0 aliphatic carbocycles. The average molecular weight is 563 g/mol. The van der Waals surface area contributed by atoms with Crippen molar-refractivity contribution in [1.29, 1.82) is 0 Å². The first-order valence-electron chi connectivity index (χ1n) is 13.9. The number of hydrogen-bond acceptors (Lipinski definition) is 9. The van der Waals surface area contributed by atoms with Crippen molar-refractivity contribution in [3.63, 3.8) is 0 Å². The number of piperidine rings is 1. The van der Waals surface area contributed by atoms with Crippen LogP contribution in [0.25, 0.3) is 0 Å². The van der Waals surface area contributed by atoms with Crippen molar-refractivity contribution in [3.05, 3.63) is 53.3 Å². The molecule has 12 heteroatoms. The molecular formula is C29H34N6O6. The van der Waals surface area contributed by atoms with Crippen LogP contribution in [0.3, 0.4) is 0 Å². The lowest BCUT2D eigenvalue weighted by molar-refractivity contribution is -0.149. The molecule has 0 saturated carbocycles. The Hall–Kier alpha value is -4.32. The summed E-state index contributed by atoms with van der Waals surface area (Å²) in [5, 5.41) is 0. The number of benzene rings is 1. The number of likely N-dealkylation sites (N-methyl/N-ethyl adjacent to an activating group) is 1. The van der Waals surface area contributed by atoms with Gasteiger partial charge < -0.3 is 15.4 Å². The lowest BCUT2D eigenvalue weighted by Gasteiger charge is -2.36. The molecule has 0 spiro atoms. The Kier molecular flexibility index (Phi) is 8.29. The summed E-state index contributed by atoms with van der Waals surface area (Å²) < 4.78 is 5.87. The first kappa shape index (κ1) is 28.2. The summed E-state index contributed by atoms with van der Waals surface area (Å²) in [5.41, 5.74) is 6.98. The van der Waals surface area contributed by atoms with E-state index in [1.54, 1.807) is 30.5 Å². The maximum atomic E-state index is 13.1. The topological polar surface area (TPSA) is 146 Å². The fourth-order valence-corrected chi connectivity index (χ4v) is 5.50. The van der Waals surface area contributed by atoms with E-state index in [9.17, 15) is 24.0 Å². The number of nitrogens with zero attached hydrogens (tertiary/aromatic N) is 5. The van der Waals surface area contributed by atoms with Gasteiger partial charge in [0.15, 0.2) is 0 Å². The van der Waals surface area contributed by atoms with Crippen molar-refractivity contribution >= 4 is 35.2 Å². The molecule has 41 heavy (non-hydrogen) atoms. The summed E-state index contributed by atoms with van der Waals surface area (Å²) in [7, 11) is 1.37. The van der Waals surface area contributed by atoms with Crippen molar-refractivity contribution < 1.29 is 28.7 Å². The van der Waals surface area contributed by atoms with Crippen molar-refractivity contribution in [3.8, 4) is 5.75 Å². The number of aromatic nitrogens is 1. The Balaban J connectivity index is 1.03. The van der Waals surface area contributed by atoms with E-state index in [1.165, 1.54) is 7.05 Å². The molecule has 12 nitrogen and oxygen atoms in total. The molecule has 5 rings (SSSR count). The Bertz CT molecular complexity index is 1350. The number of anilines is 1. The number of carbonyl (C=O) groups excluding carboxylic acids is 5. The molecule has 1 atom stereocenters. The van der Waals surface area contributed by atoms with Crippen LogP contribution in [0.2, 0.25) is 0 Å². The summed E-state index contributed by atoms with van der Waals surface area (Å²) in [6.45, 7) is 5.17. The number of piperazine rings is 1. The summed E-state index contributed by atoms with van der Waals surface area (Å²) in [6.07, 6.45) is 4.82. The van der Waals surface area contributed by atoms with Crippen LogP contribution in [-0.2, 0) is 9.59 Å². The molecule has 3 aliphatic heterocycles. The fraction of sp³-hybridized carbons (Fsp3) is 0.448. The third-order valence-corrected chi connectivity index (χ3v) is 7.95. The molecule has 1 aromatic heterocycles. The second-order valence-corrected chi connectivity index (χ2v) is 10.5. The molecule has 4 heterocycles. The third-order valence-electron chi connectivity index (χ3n) is 7.95. The zero-order valence-corrected chi connectivity index (χ0v) is 23.1. The minimum Gasteiger partial charge on any atom is -0.494 e. The van der Waals surface area contributed by atoms with Crippen molar-refractivity contribution in [1.82, 2.24) is 19.7 Å². The summed E-state index contributed by atoms with van der Waals surface area (Å²) in [6, 6.07) is 7.37. The Labute approximate surface area is 238 Å². The number of imide groups is 2. The number of rotatable bonds is 10. The van der Waals surface area contributed by atoms with Gasteiger partial charge in [-0.25, -0.2) is 4.98 Å². The van der Waals surface area contributed by atoms with E-state index in [0.29, 0.717) is 12.4 Å². The van der Waals surface area contributed by atoms with Crippen molar-refractivity contribution in [2.75, 3.05) is 51.3 Å². The number of ether oxygens (including phenoxy) is 1. The number of hydrogen-bond donors (Lipinski definition) is 1. The van der Waals surface area contributed by atoms with Crippen LogP contribution in [-0.4, -0.2) is 102 Å². The Morgan fingerprint density at radius 3 is 2.44 bits per heavy atom. The highest BCUT2D eigenvalue weighted by Crippen LogP contribution is 2.31. The standard InChI is InChI=1S/C29H34N6O6/c1-32-25(36)10-9-24(29(32)40)35-27(38)21-7-6-20(17-22(21)28(35)39)41-16-4-2-3-11-33-12-14-34(15-13-33)19-5-8-23(26(30)37)31-18-19/h5-8,17-18,24H,2-4,9-16H2,1H3,(H2,30,37). The predicted octanol–water partition coefficient (Wildman–Crippen LogP) is 1.30. The van der Waals surface area contributed by atoms with Crippen molar-refractivity contribution in [2.24, 2.45) is 5.73 Å². The highest BCUT2D eigenvalue weighted by atomic mass is 16.5. The second kappa shape index (κ2) is 12.0. The number of pyridine rings is 1. The smallest absolute Gasteiger partial charge is 0.267 e. The van der Waals surface area contributed by atoms with Gasteiger partial charge in [0.25, 0.3) is 23.6 Å². The molecule has 2 aromatic rings. The van der Waals surface area contributed by atoms with E-state index >= 15 is 0 Å². The van der Waals surface area contributed by atoms with Gasteiger partial charge in [0.05, 0.1) is 29.6 Å². The molecule has 1 aromatic carbocycles. The predicted molar refractivity (Wildman–Crippen MR) is 148 cm³/mol. The highest BCUT2D eigenvalue weighted by molar-refractivity contribution is 6.23. The summed E-state index contributed by atoms with van der Waals surface area (Å²) in [5.74, 6) is -1.93. The van der Waals surface area contributed by atoms with Crippen LogP contribution in [0, 0.1) is 0 Å². The van der Waals surface area contributed by atoms with Crippen LogP contribution in [0.15, 0.2) is 36.5 Å². The fourth-order valence-electron chi connectivity index (χ4n) is 5.50. The lowest BCUT2D eigenvalue weighted by Crippen LogP contribution is -2.54. The maximum absolute atomic E-state index is 13.1. The Morgan fingerprint density at radius 2 is 1.73 bits per heavy atom. The van der Waals surface area contributed by atoms with Gasteiger partial charge in [-0.1, -0.05) is 0 Å². The average Bonchev–Trinajstić information content (AvgIpc) is 3.23. The number of unbranched alkanes of at least 4 members (excludes halogenated alkanes) is 2. The first-order valence-corrected chi connectivity index (χ1v) is 13.9. The number of fused-ring (bicyclic) bond motifs is 1. The Morgan fingerprint density at radius 1 is 0.976 bits per heavy atom. The third kappa shape index (κ3) is 5.92. The largest absolute Gasteiger partial charge is 0.494 e. The van der Waals surface area contributed by atoms with Gasteiger partial charge in [0.1, 0.15) is 17.5 Å². The maximum Gasteiger partial charge on any atom is 0.267 e. The molecule has 1 unspecified atom stereocenters. The number of carbonyl (C=O) groups is 5. The van der Waals surface area contributed by atoms with Gasteiger partial charge in [0.2, 0.25) is 5.91 Å². The minimum atomic E-state index is -0.968. The van der Waals surface area contributed by atoms with Crippen LogP contribution in [0.4, 0.5) is 5.69 Å². The summed E-state index contributed by atoms with van der Waals surface area (Å²) >= 11 is 0. The van der Waals surface area contributed by atoms with Gasteiger partial charge in [0, 0.05) is 39.6 Å². The van der Waals surface area contributed by atoms with Crippen molar-refractivity contribution in [2.45, 2.75) is 38.1 Å². The van der Waals surface area contributed by atoms with E-state index < -0.39 is 29.7 Å². The molecule has 2 fully saturated rings. The van der Waals surface area contributed by atoms with Gasteiger partial charge in [-0.2, -0.15) is 0 Å². The van der Waals surface area contributed by atoms with E-state index in [4.69, 9.17) is 10.5 Å². The minimum absolute atomic E-state index is 0.108. The van der Waals surface area contributed by atoms with E-state index in [0.717, 1.165) is 67.5 Å². The van der Waals surface area contributed by atoms with Gasteiger partial charge in [-0.15, -0.1) is 0 Å². The molecule has 216 valence electrons. The highest BCUT2D eigenvalue weighted by Gasteiger charge is 2.46. The van der Waals surface area contributed by atoms with Crippen LogP contribution in [0.5, 0.6) is 5.75 Å². The second-order valence-electron chi connectivity index (χ2n) is 10.5. The molecular weight excluding hydrogens is 528 g/mol. The number of amides is 5. The zero-order valence-electron chi connectivity index (χ0n) is 23.1. The molecule has 0 radical (unpaired) electrons. The molecule has 2 saturated heterocycles. The number of primary amides is 1. The quantitative estimate of drug-likeness (QED) is 0.334. The van der Waals surface area contributed by atoms with Crippen LogP contribution in [0.1, 0.15) is 63.3 Å². The SMILES string of the molecule is CN1C(=O)CCC(N2C(=O)c3ccc(OCCCCCN4CCN(c5ccc(C(N)=O)nc5)CC4)cc3C2=O)C1=O. The van der Waals surface area contributed by atoms with Crippen LogP contribution >= 0.6 is 0 Å².